The molecule has 5 heteroatoms. The fraction of sp³-hybridized carbons (Fsp3) is 0.348. The van der Waals surface area contributed by atoms with Gasteiger partial charge in [0.1, 0.15) is 5.54 Å². The monoisotopic (exact) mass is 376 g/mol. The molecule has 0 spiro atoms. The van der Waals surface area contributed by atoms with Gasteiger partial charge >= 0.3 is 0 Å². The van der Waals surface area contributed by atoms with E-state index in [4.69, 9.17) is 16.1 Å². The Morgan fingerprint density at radius 3 is 2.36 bits per heavy atom. The Kier molecular flexibility index (Phi) is 4.66. The van der Waals surface area contributed by atoms with Gasteiger partial charge in [0.15, 0.2) is 5.96 Å². The van der Waals surface area contributed by atoms with Crippen LogP contribution in [-0.2, 0) is 10.2 Å². The summed E-state index contributed by atoms with van der Waals surface area (Å²) in [5, 5.41) is 8.14. The van der Waals surface area contributed by atoms with Gasteiger partial charge < -0.3 is 11.1 Å². The van der Waals surface area contributed by atoms with Crippen molar-refractivity contribution in [3.63, 3.8) is 0 Å². The Bertz CT molecular complexity index is 944. The number of benzene rings is 1. The fourth-order valence-corrected chi connectivity index (χ4v) is 3.69. The van der Waals surface area contributed by atoms with Gasteiger partial charge in [0, 0.05) is 7.05 Å². The summed E-state index contributed by atoms with van der Waals surface area (Å²) in [4.78, 5) is 19.4. The van der Waals surface area contributed by atoms with Crippen molar-refractivity contribution in [2.45, 2.75) is 44.6 Å². The first-order valence-corrected chi connectivity index (χ1v) is 9.36. The van der Waals surface area contributed by atoms with Gasteiger partial charge in [-0.3, -0.25) is 9.69 Å². The van der Waals surface area contributed by atoms with Crippen molar-refractivity contribution >= 4 is 17.6 Å². The van der Waals surface area contributed by atoms with Gasteiger partial charge in [-0.15, -0.1) is 0 Å². The Morgan fingerprint density at radius 1 is 1.21 bits per heavy atom. The van der Waals surface area contributed by atoms with Crippen molar-refractivity contribution in [3.8, 4) is 0 Å². The molecule has 1 heterocycles. The Hall–Kier alpha value is -2.95. The van der Waals surface area contributed by atoms with E-state index in [9.17, 15) is 4.79 Å². The van der Waals surface area contributed by atoms with Crippen LogP contribution in [0.25, 0.3) is 0 Å². The van der Waals surface area contributed by atoms with E-state index in [1.165, 1.54) is 10.5 Å². The molecular formula is C23H28N4O. The number of nitrogens with one attached hydrogen (secondary N) is 1. The van der Waals surface area contributed by atoms with Crippen molar-refractivity contribution in [2.75, 3.05) is 7.05 Å². The summed E-state index contributed by atoms with van der Waals surface area (Å²) in [6.45, 7) is 12.2. The lowest BCUT2D eigenvalue weighted by atomic mass is 9.72. The molecule has 1 aromatic rings. The molecule has 0 radical (unpaired) electrons. The minimum atomic E-state index is -0.902. The van der Waals surface area contributed by atoms with Crippen LogP contribution in [0, 0.1) is 5.41 Å². The van der Waals surface area contributed by atoms with Crippen LogP contribution in [0.15, 0.2) is 65.2 Å². The number of hydrogen-bond donors (Lipinski definition) is 2. The number of aliphatic imine (C=N–C) groups is 1. The number of allylic oxidation sites excluding steroid dienone is 3. The smallest absolute Gasteiger partial charge is 0.239 e. The summed E-state index contributed by atoms with van der Waals surface area (Å²) in [6.07, 6.45) is 5.40. The first-order chi connectivity index (χ1) is 12.9. The lowest BCUT2D eigenvalue weighted by molar-refractivity contribution is -0.130. The van der Waals surface area contributed by atoms with Gasteiger partial charge in [-0.1, -0.05) is 63.8 Å². The molecule has 0 fully saturated rings. The van der Waals surface area contributed by atoms with E-state index in [-0.39, 0.29) is 17.3 Å². The highest BCUT2D eigenvalue weighted by molar-refractivity contribution is 6.10. The van der Waals surface area contributed by atoms with Crippen molar-refractivity contribution in [1.82, 2.24) is 4.90 Å². The van der Waals surface area contributed by atoms with Crippen molar-refractivity contribution < 1.29 is 4.79 Å². The molecule has 1 aliphatic carbocycles. The molecule has 0 unspecified atom stereocenters. The van der Waals surface area contributed by atoms with Gasteiger partial charge in [-0.25, -0.2) is 4.99 Å². The third kappa shape index (κ3) is 3.21. The maximum Gasteiger partial charge on any atom is 0.239 e. The minimum Gasteiger partial charge on any atom is -0.369 e. The van der Waals surface area contributed by atoms with Crippen LogP contribution < -0.4 is 5.73 Å². The Morgan fingerprint density at radius 2 is 1.82 bits per heavy atom. The fourth-order valence-electron chi connectivity index (χ4n) is 3.69. The van der Waals surface area contributed by atoms with E-state index in [0.29, 0.717) is 11.3 Å². The molecule has 1 aliphatic heterocycles. The first-order valence-electron chi connectivity index (χ1n) is 9.36. The number of nitrogens with two attached hydrogens (primary N) is 1. The van der Waals surface area contributed by atoms with Crippen LogP contribution in [-0.4, -0.2) is 35.1 Å². The highest BCUT2D eigenvalue weighted by Gasteiger charge is 2.48. The second kappa shape index (κ2) is 6.59. The van der Waals surface area contributed by atoms with E-state index in [2.05, 4.69) is 39.5 Å². The second-order valence-corrected chi connectivity index (χ2v) is 8.69. The van der Waals surface area contributed by atoms with Crippen LogP contribution in [0.1, 0.15) is 44.7 Å². The summed E-state index contributed by atoms with van der Waals surface area (Å²) in [5.74, 6) is -0.460. The zero-order valence-electron chi connectivity index (χ0n) is 17.2. The van der Waals surface area contributed by atoms with Crippen molar-refractivity contribution in [2.24, 2.45) is 10.7 Å². The van der Waals surface area contributed by atoms with Gasteiger partial charge in [-0.05, 0) is 40.7 Å². The summed E-state index contributed by atoms with van der Waals surface area (Å²) >= 11 is 0. The first kappa shape index (κ1) is 19.8. The number of nitrogens with zero attached hydrogens (tertiary/aromatic N) is 2. The van der Waals surface area contributed by atoms with E-state index < -0.39 is 11.5 Å². The van der Waals surface area contributed by atoms with Crippen LogP contribution in [0.3, 0.4) is 0 Å². The lowest BCUT2D eigenvalue weighted by Gasteiger charge is -2.42. The SMILES string of the molecule is C=C1C=CC([C@@]2(C)N=C(N)N(C)C(=O)[C@H]2c2ccc(C(C)(C)C)cc2)=CC1=N. The third-order valence-corrected chi connectivity index (χ3v) is 5.63. The van der Waals surface area contributed by atoms with E-state index >= 15 is 0 Å². The average molecular weight is 377 g/mol. The molecule has 0 aromatic heterocycles. The quantitative estimate of drug-likeness (QED) is 0.825. The highest BCUT2D eigenvalue weighted by atomic mass is 16.2. The topological polar surface area (TPSA) is 82.5 Å². The largest absolute Gasteiger partial charge is 0.369 e. The molecule has 28 heavy (non-hydrogen) atoms. The summed E-state index contributed by atoms with van der Waals surface area (Å²) in [6, 6.07) is 8.15. The normalized spacial score (nSPS) is 25.7. The molecule has 5 nitrogen and oxygen atoms in total. The van der Waals surface area contributed by atoms with E-state index in [0.717, 1.165) is 11.1 Å². The van der Waals surface area contributed by atoms with Crippen LogP contribution >= 0.6 is 0 Å². The molecule has 2 aliphatic rings. The number of guanidine groups is 1. The maximum atomic E-state index is 13.3. The maximum absolute atomic E-state index is 13.3. The summed E-state index contributed by atoms with van der Waals surface area (Å²) < 4.78 is 0. The van der Waals surface area contributed by atoms with Gasteiger partial charge in [0.2, 0.25) is 5.91 Å². The van der Waals surface area contributed by atoms with Crippen molar-refractivity contribution in [3.05, 3.63) is 71.3 Å². The average Bonchev–Trinajstić information content (AvgIpc) is 2.62. The summed E-state index contributed by atoms with van der Waals surface area (Å²) in [7, 11) is 1.65. The number of amides is 1. The molecule has 0 saturated heterocycles. The Balaban J connectivity index is 2.15. The number of hydrogen-bond acceptors (Lipinski definition) is 4. The number of carbonyl (C=O) groups is 1. The molecule has 1 amide bonds. The lowest BCUT2D eigenvalue weighted by Crippen LogP contribution is -2.54. The van der Waals surface area contributed by atoms with Gasteiger partial charge in [-0.2, -0.15) is 0 Å². The molecule has 1 aromatic carbocycles. The molecule has 146 valence electrons. The van der Waals surface area contributed by atoms with Crippen LogP contribution in [0.5, 0.6) is 0 Å². The van der Waals surface area contributed by atoms with Crippen molar-refractivity contribution in [1.29, 1.82) is 5.41 Å². The zero-order chi connectivity index (χ0) is 20.9. The predicted molar refractivity (Wildman–Crippen MR) is 115 cm³/mol. The molecule has 0 saturated carbocycles. The standard InChI is InChI=1S/C23H28N4O/c1-14-7-10-17(13-18(14)24)23(5)19(20(28)27(6)21(25)26-23)15-8-11-16(12-9-15)22(2,3)4/h7-13,19,24H,1H2,2-6H3,(H2,25,26)/t19-,23-/m1/s1. The number of carbonyl (C=O) groups excluding carboxylic acids is 1. The summed E-state index contributed by atoms with van der Waals surface area (Å²) in [5.41, 5.74) is 9.01. The van der Waals surface area contributed by atoms with Crippen LogP contribution in [0.2, 0.25) is 0 Å². The molecule has 0 bridgehead atoms. The van der Waals surface area contributed by atoms with E-state index in [1.54, 1.807) is 19.2 Å². The van der Waals surface area contributed by atoms with Gasteiger partial charge in [0.05, 0.1) is 11.6 Å². The highest BCUT2D eigenvalue weighted by Crippen LogP contribution is 2.43. The molecular weight excluding hydrogens is 348 g/mol. The van der Waals surface area contributed by atoms with Gasteiger partial charge in [0.25, 0.3) is 0 Å². The minimum absolute atomic E-state index is 0.0296. The molecule has 3 rings (SSSR count). The number of rotatable bonds is 2. The third-order valence-electron chi connectivity index (χ3n) is 5.63. The van der Waals surface area contributed by atoms with Crippen LogP contribution in [0.4, 0.5) is 0 Å². The second-order valence-electron chi connectivity index (χ2n) is 8.69. The zero-order valence-corrected chi connectivity index (χ0v) is 17.2. The molecule has 3 N–H and O–H groups in total. The Labute approximate surface area is 166 Å². The predicted octanol–water partition coefficient (Wildman–Crippen LogP) is 3.69. The number of likely N-dealkylation sites (N-methyl/N-ethyl adjacent to an activating group) is 1. The molecule has 2 atom stereocenters. The van der Waals surface area contributed by atoms with E-state index in [1.807, 2.05) is 25.1 Å².